The standard InChI is InChI=1S/C20H22N4O2S/c1-13(2)18(24-20(26)22-14-8-4-3-5-9-14)19(25)21-12-17-23-15-10-6-7-11-16(15)27-17/h3-11,13,18H,12H2,1-2H3,(H,21,25)(H2,22,24,26). The minimum absolute atomic E-state index is 0.0538. The second-order valence-electron chi connectivity index (χ2n) is 6.48. The molecule has 0 saturated heterocycles. The number of anilines is 1. The Morgan fingerprint density at radius 2 is 1.74 bits per heavy atom. The van der Waals surface area contributed by atoms with Gasteiger partial charge in [0.25, 0.3) is 0 Å². The molecule has 1 aromatic heterocycles. The minimum atomic E-state index is -0.636. The summed E-state index contributed by atoms with van der Waals surface area (Å²) >= 11 is 1.55. The third-order valence-electron chi connectivity index (χ3n) is 4.02. The van der Waals surface area contributed by atoms with Gasteiger partial charge < -0.3 is 16.0 Å². The Bertz CT molecular complexity index is 891. The fourth-order valence-corrected chi connectivity index (χ4v) is 3.54. The molecule has 0 aliphatic rings. The maximum absolute atomic E-state index is 12.6. The highest BCUT2D eigenvalue weighted by atomic mass is 32.1. The van der Waals surface area contributed by atoms with E-state index in [2.05, 4.69) is 20.9 Å². The molecule has 27 heavy (non-hydrogen) atoms. The Labute approximate surface area is 162 Å². The first kappa shape index (κ1) is 18.8. The van der Waals surface area contributed by atoms with Gasteiger partial charge in [0.2, 0.25) is 5.91 Å². The van der Waals surface area contributed by atoms with Gasteiger partial charge in [-0.3, -0.25) is 4.79 Å². The number of urea groups is 1. The summed E-state index contributed by atoms with van der Waals surface area (Å²) < 4.78 is 1.09. The lowest BCUT2D eigenvalue weighted by Gasteiger charge is -2.21. The van der Waals surface area contributed by atoms with E-state index in [0.29, 0.717) is 12.2 Å². The molecule has 1 atom stereocenters. The van der Waals surface area contributed by atoms with Gasteiger partial charge in [-0.15, -0.1) is 11.3 Å². The van der Waals surface area contributed by atoms with Crippen molar-refractivity contribution < 1.29 is 9.59 Å². The van der Waals surface area contributed by atoms with Crippen LogP contribution >= 0.6 is 11.3 Å². The predicted molar refractivity (Wildman–Crippen MR) is 109 cm³/mol. The van der Waals surface area contributed by atoms with Gasteiger partial charge in [0.05, 0.1) is 16.8 Å². The van der Waals surface area contributed by atoms with E-state index in [1.165, 1.54) is 0 Å². The summed E-state index contributed by atoms with van der Waals surface area (Å²) in [4.78, 5) is 29.3. The van der Waals surface area contributed by atoms with Gasteiger partial charge in [-0.25, -0.2) is 9.78 Å². The van der Waals surface area contributed by atoms with Crippen molar-refractivity contribution in [2.45, 2.75) is 26.4 Å². The van der Waals surface area contributed by atoms with Crippen molar-refractivity contribution in [2.24, 2.45) is 5.92 Å². The van der Waals surface area contributed by atoms with Crippen LogP contribution in [-0.2, 0) is 11.3 Å². The zero-order valence-corrected chi connectivity index (χ0v) is 16.0. The zero-order chi connectivity index (χ0) is 19.2. The topological polar surface area (TPSA) is 83.1 Å². The quantitative estimate of drug-likeness (QED) is 0.607. The first-order valence-corrected chi connectivity index (χ1v) is 9.59. The number of amides is 3. The van der Waals surface area contributed by atoms with Crippen LogP contribution in [0.1, 0.15) is 18.9 Å². The summed E-state index contributed by atoms with van der Waals surface area (Å²) in [6, 6.07) is 15.9. The molecule has 0 aliphatic heterocycles. The van der Waals surface area contributed by atoms with E-state index in [4.69, 9.17) is 0 Å². The Kier molecular flexibility index (Phi) is 6.03. The average molecular weight is 382 g/mol. The highest BCUT2D eigenvalue weighted by Gasteiger charge is 2.24. The second-order valence-corrected chi connectivity index (χ2v) is 7.59. The summed E-state index contributed by atoms with van der Waals surface area (Å²) in [5.41, 5.74) is 1.60. The zero-order valence-electron chi connectivity index (χ0n) is 15.2. The van der Waals surface area contributed by atoms with Crippen LogP contribution in [0.25, 0.3) is 10.2 Å². The Hall–Kier alpha value is -2.93. The second kappa shape index (κ2) is 8.64. The van der Waals surface area contributed by atoms with Gasteiger partial charge in [0.1, 0.15) is 11.0 Å². The molecule has 140 valence electrons. The molecule has 3 aromatic rings. The van der Waals surface area contributed by atoms with Crippen molar-refractivity contribution in [3.63, 3.8) is 0 Å². The van der Waals surface area contributed by atoms with Crippen LogP contribution in [0.15, 0.2) is 54.6 Å². The number of hydrogen-bond donors (Lipinski definition) is 3. The lowest BCUT2D eigenvalue weighted by Crippen LogP contribution is -2.50. The molecule has 0 bridgehead atoms. The molecule has 0 saturated carbocycles. The number of carbonyl (C=O) groups excluding carboxylic acids is 2. The highest BCUT2D eigenvalue weighted by Crippen LogP contribution is 2.21. The van der Waals surface area contributed by atoms with Crippen LogP contribution in [0, 0.1) is 5.92 Å². The molecular formula is C20H22N4O2S. The maximum atomic E-state index is 12.6. The largest absolute Gasteiger partial charge is 0.348 e. The van der Waals surface area contributed by atoms with Crippen molar-refractivity contribution in [1.29, 1.82) is 0 Å². The first-order chi connectivity index (χ1) is 13.0. The summed E-state index contributed by atoms with van der Waals surface area (Å²) in [7, 11) is 0. The van der Waals surface area contributed by atoms with Gasteiger partial charge in [0.15, 0.2) is 0 Å². The van der Waals surface area contributed by atoms with Gasteiger partial charge >= 0.3 is 6.03 Å². The molecule has 3 N–H and O–H groups in total. The van der Waals surface area contributed by atoms with E-state index in [9.17, 15) is 9.59 Å². The van der Waals surface area contributed by atoms with Crippen molar-refractivity contribution in [1.82, 2.24) is 15.6 Å². The molecule has 6 nitrogen and oxygen atoms in total. The molecule has 1 heterocycles. The summed E-state index contributed by atoms with van der Waals surface area (Å²) in [6.07, 6.45) is 0. The maximum Gasteiger partial charge on any atom is 0.319 e. The lowest BCUT2D eigenvalue weighted by molar-refractivity contribution is -0.124. The Morgan fingerprint density at radius 1 is 1.04 bits per heavy atom. The number of nitrogens with one attached hydrogen (secondary N) is 3. The number of aromatic nitrogens is 1. The van der Waals surface area contributed by atoms with Gasteiger partial charge in [-0.05, 0) is 30.2 Å². The molecular weight excluding hydrogens is 360 g/mol. The number of thiazole rings is 1. The van der Waals surface area contributed by atoms with Crippen molar-refractivity contribution >= 4 is 39.2 Å². The molecule has 0 aliphatic carbocycles. The van der Waals surface area contributed by atoms with Crippen molar-refractivity contribution in [3.05, 3.63) is 59.6 Å². The van der Waals surface area contributed by atoms with E-state index in [0.717, 1.165) is 15.2 Å². The van der Waals surface area contributed by atoms with Crippen LogP contribution in [-0.4, -0.2) is 23.0 Å². The van der Waals surface area contributed by atoms with Crippen molar-refractivity contribution in [2.75, 3.05) is 5.32 Å². The van der Waals surface area contributed by atoms with Crippen LogP contribution in [0.3, 0.4) is 0 Å². The lowest BCUT2D eigenvalue weighted by atomic mass is 10.0. The van der Waals surface area contributed by atoms with Crippen LogP contribution in [0.4, 0.5) is 10.5 Å². The molecule has 3 rings (SSSR count). The summed E-state index contributed by atoms with van der Waals surface area (Å²) in [5.74, 6) is -0.283. The van der Waals surface area contributed by atoms with E-state index in [1.807, 2.05) is 56.3 Å². The van der Waals surface area contributed by atoms with E-state index in [1.54, 1.807) is 23.5 Å². The third-order valence-corrected chi connectivity index (χ3v) is 5.06. The fraction of sp³-hybridized carbons (Fsp3) is 0.250. The number of rotatable bonds is 6. The normalized spacial score (nSPS) is 12.0. The van der Waals surface area contributed by atoms with Crippen LogP contribution in [0.5, 0.6) is 0 Å². The molecule has 1 unspecified atom stereocenters. The molecule has 2 aromatic carbocycles. The van der Waals surface area contributed by atoms with Crippen molar-refractivity contribution in [3.8, 4) is 0 Å². The minimum Gasteiger partial charge on any atom is -0.348 e. The number of carbonyl (C=O) groups is 2. The third kappa shape index (κ3) is 5.04. The van der Waals surface area contributed by atoms with E-state index < -0.39 is 12.1 Å². The monoisotopic (exact) mass is 382 g/mol. The van der Waals surface area contributed by atoms with Gasteiger partial charge in [-0.2, -0.15) is 0 Å². The van der Waals surface area contributed by atoms with E-state index >= 15 is 0 Å². The smallest absolute Gasteiger partial charge is 0.319 e. The fourth-order valence-electron chi connectivity index (χ4n) is 2.63. The molecule has 7 heteroatoms. The molecule has 0 radical (unpaired) electrons. The number of benzene rings is 2. The Morgan fingerprint density at radius 3 is 2.44 bits per heavy atom. The Balaban J connectivity index is 1.58. The molecule has 0 spiro atoms. The highest BCUT2D eigenvalue weighted by molar-refractivity contribution is 7.18. The number of hydrogen-bond acceptors (Lipinski definition) is 4. The van der Waals surface area contributed by atoms with Gasteiger partial charge in [-0.1, -0.05) is 44.2 Å². The van der Waals surface area contributed by atoms with Gasteiger partial charge in [0, 0.05) is 5.69 Å². The average Bonchev–Trinajstić information content (AvgIpc) is 3.08. The predicted octanol–water partition coefficient (Wildman–Crippen LogP) is 3.76. The van der Waals surface area contributed by atoms with Crippen LogP contribution in [0.2, 0.25) is 0 Å². The SMILES string of the molecule is CC(C)C(NC(=O)Nc1ccccc1)C(=O)NCc1nc2ccccc2s1. The number of nitrogens with zero attached hydrogens (tertiary/aromatic N) is 1. The van der Waals surface area contributed by atoms with Crippen LogP contribution < -0.4 is 16.0 Å². The molecule has 0 fully saturated rings. The van der Waals surface area contributed by atoms with E-state index in [-0.39, 0.29) is 11.8 Å². The summed E-state index contributed by atoms with van der Waals surface area (Å²) in [5, 5.41) is 9.19. The number of para-hydroxylation sites is 2. The summed E-state index contributed by atoms with van der Waals surface area (Å²) in [6.45, 7) is 4.12. The molecule has 3 amide bonds. The first-order valence-electron chi connectivity index (χ1n) is 8.77. The number of fused-ring (bicyclic) bond motifs is 1.